The first-order valence-corrected chi connectivity index (χ1v) is 6.85. The van der Waals surface area contributed by atoms with Crippen LogP contribution in [0.5, 0.6) is 0 Å². The number of aryl methyl sites for hydroxylation is 1. The Bertz CT molecular complexity index is 429. The molecule has 1 aliphatic heterocycles. The van der Waals surface area contributed by atoms with Crippen LogP contribution in [0.3, 0.4) is 0 Å². The van der Waals surface area contributed by atoms with Crippen molar-refractivity contribution >= 4 is 6.03 Å². The molecule has 112 valence electrons. The molecule has 0 unspecified atom stereocenters. The normalized spacial score (nSPS) is 17.7. The van der Waals surface area contributed by atoms with Gasteiger partial charge in [-0.05, 0) is 6.92 Å². The van der Waals surface area contributed by atoms with E-state index in [4.69, 9.17) is 4.74 Å². The Hall–Kier alpha value is -1.67. The van der Waals surface area contributed by atoms with Crippen LogP contribution in [0.1, 0.15) is 18.8 Å². The van der Waals surface area contributed by atoms with Crippen LogP contribution in [0, 0.1) is 0 Å². The van der Waals surface area contributed by atoms with Gasteiger partial charge in [0.1, 0.15) is 6.33 Å². The van der Waals surface area contributed by atoms with E-state index >= 15 is 0 Å². The number of amides is 2. The third-order valence-corrected chi connectivity index (χ3v) is 3.30. The van der Waals surface area contributed by atoms with Crippen molar-refractivity contribution in [3.05, 3.63) is 12.2 Å². The lowest BCUT2D eigenvalue weighted by Gasteiger charge is -2.26. The predicted molar refractivity (Wildman–Crippen MR) is 73.2 cm³/mol. The Morgan fingerprint density at radius 2 is 2.25 bits per heavy atom. The van der Waals surface area contributed by atoms with Crippen LogP contribution < -0.4 is 10.6 Å². The zero-order valence-electron chi connectivity index (χ0n) is 12.0. The molecule has 0 aromatic carbocycles. The topological polar surface area (TPSA) is 84.3 Å². The van der Waals surface area contributed by atoms with Crippen molar-refractivity contribution in [2.24, 2.45) is 7.05 Å². The molecule has 2 heterocycles. The maximum absolute atomic E-state index is 11.8. The lowest BCUT2D eigenvalue weighted by Crippen LogP contribution is -2.44. The highest BCUT2D eigenvalue weighted by atomic mass is 16.5. The minimum atomic E-state index is -0.186. The molecule has 1 atom stereocenters. The molecular formula is C12H22N6O2. The van der Waals surface area contributed by atoms with E-state index in [1.807, 2.05) is 14.0 Å². The summed E-state index contributed by atoms with van der Waals surface area (Å²) in [6.45, 7) is 6.75. The van der Waals surface area contributed by atoms with Crippen molar-refractivity contribution in [1.82, 2.24) is 30.3 Å². The number of ether oxygens (including phenoxy) is 1. The van der Waals surface area contributed by atoms with Crippen molar-refractivity contribution in [1.29, 1.82) is 0 Å². The number of carbonyl (C=O) groups is 1. The van der Waals surface area contributed by atoms with E-state index in [1.165, 1.54) is 0 Å². The van der Waals surface area contributed by atoms with Gasteiger partial charge in [0.05, 0.1) is 19.3 Å². The van der Waals surface area contributed by atoms with Gasteiger partial charge in [-0.1, -0.05) is 0 Å². The fraction of sp³-hybridized carbons (Fsp3) is 0.750. The monoisotopic (exact) mass is 282 g/mol. The molecule has 1 aromatic rings. The van der Waals surface area contributed by atoms with Gasteiger partial charge in [0.15, 0.2) is 5.82 Å². The summed E-state index contributed by atoms with van der Waals surface area (Å²) in [5, 5.41) is 13.5. The standard InChI is InChI=1S/C12H22N6O2/c1-10(11-16-14-9-17(11)2)15-12(19)13-3-4-18-5-7-20-8-6-18/h9-10H,3-8H2,1-2H3,(H2,13,15,19)/t10-/m1/s1. The molecule has 8 nitrogen and oxygen atoms in total. The van der Waals surface area contributed by atoms with E-state index in [1.54, 1.807) is 10.9 Å². The maximum atomic E-state index is 11.8. The summed E-state index contributed by atoms with van der Waals surface area (Å²) in [7, 11) is 1.85. The van der Waals surface area contributed by atoms with Crippen LogP contribution in [-0.2, 0) is 11.8 Å². The zero-order valence-corrected chi connectivity index (χ0v) is 12.0. The van der Waals surface area contributed by atoms with E-state index in [0.29, 0.717) is 6.54 Å². The molecule has 1 aromatic heterocycles. The van der Waals surface area contributed by atoms with Gasteiger partial charge in [0, 0.05) is 33.2 Å². The Labute approximate surface area is 118 Å². The van der Waals surface area contributed by atoms with Gasteiger partial charge in [-0.25, -0.2) is 4.79 Å². The smallest absolute Gasteiger partial charge is 0.315 e. The first-order valence-electron chi connectivity index (χ1n) is 6.85. The second kappa shape index (κ2) is 7.20. The molecule has 20 heavy (non-hydrogen) atoms. The number of urea groups is 1. The molecule has 0 aliphatic carbocycles. The second-order valence-electron chi connectivity index (χ2n) is 4.88. The van der Waals surface area contributed by atoms with E-state index < -0.39 is 0 Å². The minimum Gasteiger partial charge on any atom is -0.379 e. The highest BCUT2D eigenvalue weighted by Crippen LogP contribution is 2.06. The SMILES string of the molecule is C[C@@H](NC(=O)NCCN1CCOCC1)c1nncn1C. The van der Waals surface area contributed by atoms with Crippen molar-refractivity contribution < 1.29 is 9.53 Å². The Morgan fingerprint density at radius 1 is 1.50 bits per heavy atom. The summed E-state index contributed by atoms with van der Waals surface area (Å²) in [5.74, 6) is 0.730. The Morgan fingerprint density at radius 3 is 2.90 bits per heavy atom. The van der Waals surface area contributed by atoms with Gasteiger partial charge in [-0.15, -0.1) is 10.2 Å². The second-order valence-corrected chi connectivity index (χ2v) is 4.88. The molecular weight excluding hydrogens is 260 g/mol. The molecule has 1 saturated heterocycles. The molecule has 0 saturated carbocycles. The first kappa shape index (κ1) is 14.7. The lowest BCUT2D eigenvalue weighted by atomic mass is 10.3. The lowest BCUT2D eigenvalue weighted by molar-refractivity contribution is 0.0387. The van der Waals surface area contributed by atoms with Gasteiger partial charge in [0.2, 0.25) is 0 Å². The minimum absolute atomic E-state index is 0.175. The van der Waals surface area contributed by atoms with Crippen molar-refractivity contribution in [3.8, 4) is 0 Å². The fourth-order valence-electron chi connectivity index (χ4n) is 2.15. The zero-order chi connectivity index (χ0) is 14.4. The summed E-state index contributed by atoms with van der Waals surface area (Å²) in [6.07, 6.45) is 1.61. The maximum Gasteiger partial charge on any atom is 0.315 e. The van der Waals surface area contributed by atoms with Crippen LogP contribution in [0.4, 0.5) is 4.79 Å². The number of carbonyl (C=O) groups excluding carboxylic acids is 1. The van der Waals surface area contributed by atoms with Gasteiger partial charge in [0.25, 0.3) is 0 Å². The number of nitrogens with zero attached hydrogens (tertiary/aromatic N) is 4. The van der Waals surface area contributed by atoms with E-state index in [-0.39, 0.29) is 12.1 Å². The molecule has 2 amide bonds. The highest BCUT2D eigenvalue weighted by Gasteiger charge is 2.14. The van der Waals surface area contributed by atoms with Crippen molar-refractivity contribution in [3.63, 3.8) is 0 Å². The Kier molecular flexibility index (Phi) is 5.31. The van der Waals surface area contributed by atoms with Crippen LogP contribution in [-0.4, -0.2) is 65.1 Å². The molecule has 0 radical (unpaired) electrons. The van der Waals surface area contributed by atoms with Gasteiger partial charge >= 0.3 is 6.03 Å². The quantitative estimate of drug-likeness (QED) is 0.761. The third-order valence-electron chi connectivity index (χ3n) is 3.30. The predicted octanol–water partition coefficient (Wildman–Crippen LogP) is -0.492. The summed E-state index contributed by atoms with van der Waals surface area (Å²) >= 11 is 0. The van der Waals surface area contributed by atoms with Crippen LogP contribution in [0.15, 0.2) is 6.33 Å². The number of aromatic nitrogens is 3. The molecule has 2 N–H and O–H groups in total. The van der Waals surface area contributed by atoms with Crippen LogP contribution in [0.25, 0.3) is 0 Å². The highest BCUT2D eigenvalue weighted by molar-refractivity contribution is 5.74. The summed E-state index contributed by atoms with van der Waals surface area (Å²) in [6, 6.07) is -0.361. The summed E-state index contributed by atoms with van der Waals surface area (Å²) in [4.78, 5) is 14.1. The van der Waals surface area contributed by atoms with Crippen molar-refractivity contribution in [2.45, 2.75) is 13.0 Å². The fourth-order valence-corrected chi connectivity index (χ4v) is 2.15. The molecule has 2 rings (SSSR count). The molecule has 8 heteroatoms. The molecule has 1 fully saturated rings. The number of hydrogen-bond donors (Lipinski definition) is 2. The molecule has 0 bridgehead atoms. The van der Waals surface area contributed by atoms with Gasteiger partial charge in [-0.2, -0.15) is 0 Å². The van der Waals surface area contributed by atoms with Gasteiger partial charge in [-0.3, -0.25) is 4.90 Å². The number of hydrogen-bond acceptors (Lipinski definition) is 5. The summed E-state index contributed by atoms with van der Waals surface area (Å²) < 4.78 is 7.07. The molecule has 0 spiro atoms. The first-order chi connectivity index (χ1) is 9.66. The average Bonchev–Trinajstić information content (AvgIpc) is 2.86. The number of nitrogens with one attached hydrogen (secondary N) is 2. The Balaban J connectivity index is 1.66. The largest absolute Gasteiger partial charge is 0.379 e. The van der Waals surface area contributed by atoms with Crippen LogP contribution >= 0.6 is 0 Å². The van der Waals surface area contributed by atoms with E-state index in [9.17, 15) is 4.79 Å². The van der Waals surface area contributed by atoms with Crippen molar-refractivity contribution in [2.75, 3.05) is 39.4 Å². The van der Waals surface area contributed by atoms with E-state index in [0.717, 1.165) is 38.7 Å². The third kappa shape index (κ3) is 4.17. The average molecular weight is 282 g/mol. The van der Waals surface area contributed by atoms with E-state index in [2.05, 4.69) is 25.7 Å². The van der Waals surface area contributed by atoms with Gasteiger partial charge < -0.3 is 19.9 Å². The summed E-state index contributed by atoms with van der Waals surface area (Å²) in [5.41, 5.74) is 0. The van der Waals surface area contributed by atoms with Crippen LogP contribution in [0.2, 0.25) is 0 Å². The number of morpholine rings is 1. The molecule has 1 aliphatic rings. The number of rotatable bonds is 5.